The number of rotatable bonds is 3. The summed E-state index contributed by atoms with van der Waals surface area (Å²) < 4.78 is 5.38. The van der Waals surface area contributed by atoms with Crippen molar-refractivity contribution in [3.8, 4) is 11.3 Å². The molecule has 0 saturated heterocycles. The quantitative estimate of drug-likeness (QED) is 0.583. The third-order valence-corrected chi connectivity index (χ3v) is 2.91. The first-order valence-electron chi connectivity index (χ1n) is 4.53. The summed E-state index contributed by atoms with van der Waals surface area (Å²) in [5, 5.41) is 0. The summed E-state index contributed by atoms with van der Waals surface area (Å²) in [5.41, 5.74) is 1.03. The molecule has 76 valence electrons. The first-order valence-corrected chi connectivity index (χ1v) is 5.76. The largest absolute Gasteiger partial charge is 0.453 e. The Morgan fingerprint density at radius 3 is 2.67 bits per heavy atom. The van der Waals surface area contributed by atoms with Gasteiger partial charge in [0.2, 0.25) is 0 Å². The maximum atomic E-state index is 10.5. The highest BCUT2D eigenvalue weighted by Gasteiger charge is 2.07. The summed E-state index contributed by atoms with van der Waals surface area (Å²) in [6, 6.07) is 11.5. The molecule has 0 unspecified atom stereocenters. The molecule has 1 aromatic heterocycles. The molecule has 15 heavy (non-hydrogen) atoms. The second-order valence-electron chi connectivity index (χ2n) is 3.02. The molecule has 0 bridgehead atoms. The molecule has 2 rings (SSSR count). The molecular weight excluding hydrogens is 208 g/mol. The van der Waals surface area contributed by atoms with Crippen LogP contribution in [-0.4, -0.2) is 12.5 Å². The van der Waals surface area contributed by atoms with Gasteiger partial charge in [-0.1, -0.05) is 18.2 Å². The normalized spacial score (nSPS) is 10.2. The van der Waals surface area contributed by atoms with E-state index in [1.165, 1.54) is 0 Å². The van der Waals surface area contributed by atoms with Crippen molar-refractivity contribution < 1.29 is 9.21 Å². The number of furan rings is 1. The SMILES string of the molecule is CSc1ccccc1-c1ccc(C=O)o1. The molecule has 0 fully saturated rings. The molecule has 0 aliphatic rings. The number of thioether (sulfide) groups is 1. The summed E-state index contributed by atoms with van der Waals surface area (Å²) in [5.74, 6) is 1.10. The molecule has 1 aromatic carbocycles. The summed E-state index contributed by atoms with van der Waals surface area (Å²) in [6.45, 7) is 0. The first kappa shape index (κ1) is 10.1. The van der Waals surface area contributed by atoms with Crippen LogP contribution in [0.2, 0.25) is 0 Å². The van der Waals surface area contributed by atoms with Crippen molar-refractivity contribution in [1.29, 1.82) is 0 Å². The lowest BCUT2D eigenvalue weighted by Gasteiger charge is -2.02. The monoisotopic (exact) mass is 218 g/mol. The summed E-state index contributed by atoms with van der Waals surface area (Å²) >= 11 is 1.66. The lowest BCUT2D eigenvalue weighted by molar-refractivity contribution is 0.110. The van der Waals surface area contributed by atoms with Gasteiger partial charge >= 0.3 is 0 Å². The smallest absolute Gasteiger partial charge is 0.185 e. The highest BCUT2D eigenvalue weighted by Crippen LogP contribution is 2.30. The minimum Gasteiger partial charge on any atom is -0.453 e. The third-order valence-electron chi connectivity index (χ3n) is 2.12. The maximum absolute atomic E-state index is 10.5. The number of benzene rings is 1. The van der Waals surface area contributed by atoms with Crippen molar-refractivity contribution >= 4 is 18.0 Å². The van der Waals surface area contributed by atoms with Crippen LogP contribution < -0.4 is 0 Å². The zero-order valence-corrected chi connectivity index (χ0v) is 9.08. The van der Waals surface area contributed by atoms with Crippen molar-refractivity contribution in [2.75, 3.05) is 6.26 Å². The van der Waals surface area contributed by atoms with Gasteiger partial charge in [0.05, 0.1) is 0 Å². The van der Waals surface area contributed by atoms with Crippen LogP contribution in [0.5, 0.6) is 0 Å². The highest BCUT2D eigenvalue weighted by atomic mass is 32.2. The van der Waals surface area contributed by atoms with Crippen LogP contribution in [0, 0.1) is 0 Å². The number of hydrogen-bond donors (Lipinski definition) is 0. The van der Waals surface area contributed by atoms with E-state index in [4.69, 9.17) is 4.42 Å². The number of carbonyl (C=O) groups is 1. The fraction of sp³-hybridized carbons (Fsp3) is 0.0833. The fourth-order valence-corrected chi connectivity index (χ4v) is 2.01. The van der Waals surface area contributed by atoms with Crippen LogP contribution in [-0.2, 0) is 0 Å². The predicted molar refractivity (Wildman–Crippen MR) is 61.3 cm³/mol. The van der Waals surface area contributed by atoms with Crippen molar-refractivity contribution in [1.82, 2.24) is 0 Å². The fourth-order valence-electron chi connectivity index (χ4n) is 1.41. The number of aldehydes is 1. The first-order chi connectivity index (χ1) is 7.35. The zero-order chi connectivity index (χ0) is 10.7. The van der Waals surface area contributed by atoms with Crippen molar-refractivity contribution in [3.05, 3.63) is 42.2 Å². The van der Waals surface area contributed by atoms with E-state index in [1.54, 1.807) is 17.8 Å². The number of carbonyl (C=O) groups excluding carboxylic acids is 1. The van der Waals surface area contributed by atoms with E-state index in [1.807, 2.05) is 36.6 Å². The Bertz CT molecular complexity index is 474. The average molecular weight is 218 g/mol. The molecule has 0 atom stereocenters. The lowest BCUT2D eigenvalue weighted by Crippen LogP contribution is -1.78. The minimum absolute atomic E-state index is 0.362. The maximum Gasteiger partial charge on any atom is 0.185 e. The molecule has 0 aliphatic carbocycles. The Morgan fingerprint density at radius 1 is 1.20 bits per heavy atom. The van der Waals surface area contributed by atoms with Gasteiger partial charge in [0.15, 0.2) is 12.0 Å². The Balaban J connectivity index is 2.48. The van der Waals surface area contributed by atoms with E-state index >= 15 is 0 Å². The number of hydrogen-bond acceptors (Lipinski definition) is 3. The zero-order valence-electron chi connectivity index (χ0n) is 8.27. The van der Waals surface area contributed by atoms with Gasteiger partial charge in [0.1, 0.15) is 5.76 Å². The van der Waals surface area contributed by atoms with E-state index in [9.17, 15) is 4.79 Å². The van der Waals surface area contributed by atoms with E-state index in [-0.39, 0.29) is 0 Å². The van der Waals surface area contributed by atoms with Gasteiger partial charge in [0, 0.05) is 10.5 Å². The molecule has 0 aliphatic heterocycles. The van der Waals surface area contributed by atoms with Crippen molar-refractivity contribution in [3.63, 3.8) is 0 Å². The van der Waals surface area contributed by atoms with Crippen molar-refractivity contribution in [2.45, 2.75) is 4.90 Å². The van der Waals surface area contributed by atoms with Crippen molar-refractivity contribution in [2.24, 2.45) is 0 Å². The van der Waals surface area contributed by atoms with Crippen LogP contribution in [0.15, 0.2) is 45.7 Å². The van der Waals surface area contributed by atoms with E-state index < -0.39 is 0 Å². The summed E-state index contributed by atoms with van der Waals surface area (Å²) in [7, 11) is 0. The Hall–Kier alpha value is -1.48. The molecule has 0 amide bonds. The molecule has 2 nitrogen and oxygen atoms in total. The van der Waals surface area contributed by atoms with Gasteiger partial charge < -0.3 is 4.42 Å². The molecule has 0 N–H and O–H groups in total. The Morgan fingerprint density at radius 2 is 2.00 bits per heavy atom. The Kier molecular flexibility index (Phi) is 2.92. The minimum atomic E-state index is 0.362. The van der Waals surface area contributed by atoms with Gasteiger partial charge in [-0.25, -0.2) is 0 Å². The van der Waals surface area contributed by atoms with Crippen LogP contribution in [0.3, 0.4) is 0 Å². The highest BCUT2D eigenvalue weighted by molar-refractivity contribution is 7.98. The van der Waals surface area contributed by atoms with E-state index in [2.05, 4.69) is 0 Å². The summed E-state index contributed by atoms with van der Waals surface area (Å²) in [6.07, 6.45) is 2.73. The molecule has 0 radical (unpaired) electrons. The van der Waals surface area contributed by atoms with Gasteiger partial charge in [-0.15, -0.1) is 11.8 Å². The lowest BCUT2D eigenvalue weighted by atomic mass is 10.2. The van der Waals surface area contributed by atoms with Crippen LogP contribution in [0.4, 0.5) is 0 Å². The second kappa shape index (κ2) is 4.36. The van der Waals surface area contributed by atoms with E-state index in [0.717, 1.165) is 16.2 Å². The molecule has 0 saturated carbocycles. The van der Waals surface area contributed by atoms with Gasteiger partial charge in [0.25, 0.3) is 0 Å². The van der Waals surface area contributed by atoms with Crippen LogP contribution in [0.1, 0.15) is 10.6 Å². The molecule has 2 aromatic rings. The van der Waals surface area contributed by atoms with Crippen LogP contribution >= 0.6 is 11.8 Å². The molecule has 1 heterocycles. The van der Waals surface area contributed by atoms with Gasteiger partial charge in [-0.05, 0) is 24.5 Å². The standard InChI is InChI=1S/C12H10O2S/c1-15-12-5-3-2-4-10(12)11-7-6-9(8-13)14-11/h2-8H,1H3. The average Bonchev–Trinajstić information content (AvgIpc) is 2.77. The Labute approximate surface area is 92.3 Å². The van der Waals surface area contributed by atoms with Crippen LogP contribution in [0.25, 0.3) is 11.3 Å². The topological polar surface area (TPSA) is 30.2 Å². The third kappa shape index (κ3) is 1.97. The summed E-state index contributed by atoms with van der Waals surface area (Å²) in [4.78, 5) is 11.6. The molecule has 0 spiro atoms. The second-order valence-corrected chi connectivity index (χ2v) is 3.87. The molecular formula is C12H10O2S. The predicted octanol–water partition coefficient (Wildman–Crippen LogP) is 3.48. The van der Waals surface area contributed by atoms with E-state index in [0.29, 0.717) is 12.0 Å². The molecule has 3 heteroatoms. The van der Waals surface area contributed by atoms with Gasteiger partial charge in [-0.2, -0.15) is 0 Å². The van der Waals surface area contributed by atoms with Gasteiger partial charge in [-0.3, -0.25) is 4.79 Å².